The van der Waals surface area contributed by atoms with Gasteiger partial charge in [-0.15, -0.1) is 0 Å². The Kier molecular flexibility index (Phi) is 2.64. The number of pyridine rings is 1. The van der Waals surface area contributed by atoms with Crippen molar-refractivity contribution < 1.29 is 9.50 Å². The molecular formula is C13H11FN4O. The fraction of sp³-hybridized carbons (Fsp3) is 0.0769. The largest absolute Gasteiger partial charge is 0.504 e. The van der Waals surface area contributed by atoms with Gasteiger partial charge in [0, 0.05) is 23.0 Å². The van der Waals surface area contributed by atoms with Gasteiger partial charge < -0.3 is 16.2 Å². The van der Waals surface area contributed by atoms with E-state index in [-0.39, 0.29) is 0 Å². The molecule has 1 aromatic heterocycles. The van der Waals surface area contributed by atoms with E-state index >= 15 is 0 Å². The van der Waals surface area contributed by atoms with Crippen LogP contribution < -0.4 is 11.1 Å². The summed E-state index contributed by atoms with van der Waals surface area (Å²) in [6.45, 7) is 0. The van der Waals surface area contributed by atoms with Crippen LogP contribution in [0.1, 0.15) is 11.7 Å². The van der Waals surface area contributed by atoms with Crippen LogP contribution in [0.5, 0.6) is 5.75 Å². The van der Waals surface area contributed by atoms with Crippen molar-refractivity contribution >= 4 is 12.0 Å². The van der Waals surface area contributed by atoms with Crippen LogP contribution in [0, 0.1) is 5.95 Å². The lowest BCUT2D eigenvalue weighted by atomic mass is 10.0. The molecule has 2 aromatic rings. The molecule has 1 unspecified atom stereocenters. The molecule has 4 N–H and O–H groups in total. The average Bonchev–Trinajstić information content (AvgIpc) is 2.42. The highest BCUT2D eigenvalue weighted by atomic mass is 19.1. The predicted molar refractivity (Wildman–Crippen MR) is 70.3 cm³/mol. The van der Waals surface area contributed by atoms with Crippen molar-refractivity contribution in [2.75, 3.05) is 5.32 Å². The molecule has 6 heteroatoms. The second-order valence-electron chi connectivity index (χ2n) is 4.20. The standard InChI is InChI=1S/C13H11FN4O/c14-12-11(19)4-8(5-16-12)7-1-2-10-9(3-7)13(15)18-6-17-10/h1-6,13,19H,15H2,(H,17,18). The van der Waals surface area contributed by atoms with Gasteiger partial charge in [0.15, 0.2) is 5.75 Å². The Labute approximate surface area is 108 Å². The van der Waals surface area contributed by atoms with Crippen molar-refractivity contribution in [2.45, 2.75) is 6.17 Å². The summed E-state index contributed by atoms with van der Waals surface area (Å²) in [5.74, 6) is -1.36. The summed E-state index contributed by atoms with van der Waals surface area (Å²) in [6.07, 6.45) is 2.48. The first kappa shape index (κ1) is 11.6. The first-order valence-electron chi connectivity index (χ1n) is 5.68. The lowest BCUT2D eigenvalue weighted by Gasteiger charge is -2.18. The lowest BCUT2D eigenvalue weighted by molar-refractivity contribution is 0.419. The van der Waals surface area contributed by atoms with Crippen molar-refractivity contribution in [3.05, 3.63) is 42.0 Å². The molecule has 2 heterocycles. The molecule has 3 rings (SSSR count). The molecule has 96 valence electrons. The number of halogens is 1. The van der Waals surface area contributed by atoms with E-state index in [0.29, 0.717) is 5.56 Å². The number of fused-ring (bicyclic) bond motifs is 1. The maximum atomic E-state index is 12.9. The van der Waals surface area contributed by atoms with Gasteiger partial charge >= 0.3 is 0 Å². The molecule has 0 fully saturated rings. The Bertz CT molecular complexity index is 672. The molecule has 19 heavy (non-hydrogen) atoms. The second kappa shape index (κ2) is 4.33. The summed E-state index contributed by atoms with van der Waals surface area (Å²) in [7, 11) is 0. The molecule has 0 aliphatic carbocycles. The van der Waals surface area contributed by atoms with Crippen molar-refractivity contribution in [3.8, 4) is 16.9 Å². The predicted octanol–water partition coefficient (Wildman–Crippen LogP) is 2.00. The molecule has 0 amide bonds. The first-order chi connectivity index (χ1) is 9.15. The zero-order chi connectivity index (χ0) is 13.4. The molecule has 0 saturated carbocycles. The summed E-state index contributed by atoms with van der Waals surface area (Å²) < 4.78 is 12.9. The van der Waals surface area contributed by atoms with E-state index in [1.807, 2.05) is 18.2 Å². The molecule has 5 nitrogen and oxygen atoms in total. The zero-order valence-electron chi connectivity index (χ0n) is 9.84. The van der Waals surface area contributed by atoms with Gasteiger partial charge in [0.25, 0.3) is 5.95 Å². The quantitative estimate of drug-likeness (QED) is 0.683. The normalized spacial score (nSPS) is 16.8. The highest BCUT2D eigenvalue weighted by Crippen LogP contribution is 2.31. The van der Waals surface area contributed by atoms with Gasteiger partial charge in [0.1, 0.15) is 6.17 Å². The van der Waals surface area contributed by atoms with Gasteiger partial charge in [-0.2, -0.15) is 4.39 Å². The molecule has 0 radical (unpaired) electrons. The Morgan fingerprint density at radius 2 is 2.11 bits per heavy atom. The Balaban J connectivity index is 2.07. The number of nitrogens with two attached hydrogens (primary N) is 1. The van der Waals surface area contributed by atoms with Crippen LogP contribution in [-0.4, -0.2) is 16.4 Å². The molecule has 0 saturated heterocycles. The molecular weight excluding hydrogens is 247 g/mol. The lowest BCUT2D eigenvalue weighted by Crippen LogP contribution is -2.16. The van der Waals surface area contributed by atoms with Crippen molar-refractivity contribution in [1.82, 2.24) is 4.98 Å². The maximum Gasteiger partial charge on any atom is 0.255 e. The van der Waals surface area contributed by atoms with Crippen LogP contribution in [0.25, 0.3) is 11.1 Å². The average molecular weight is 258 g/mol. The van der Waals surface area contributed by atoms with E-state index in [0.717, 1.165) is 16.8 Å². The highest BCUT2D eigenvalue weighted by molar-refractivity contribution is 5.82. The van der Waals surface area contributed by atoms with Crippen LogP contribution in [-0.2, 0) is 0 Å². The highest BCUT2D eigenvalue weighted by Gasteiger charge is 2.14. The molecule has 1 aliphatic rings. The van der Waals surface area contributed by atoms with Crippen LogP contribution in [0.2, 0.25) is 0 Å². The third kappa shape index (κ3) is 2.02. The topological polar surface area (TPSA) is 83.5 Å². The summed E-state index contributed by atoms with van der Waals surface area (Å²) >= 11 is 0. The zero-order valence-corrected chi connectivity index (χ0v) is 9.84. The molecule has 0 spiro atoms. The number of hydrogen-bond donors (Lipinski definition) is 3. The third-order valence-electron chi connectivity index (χ3n) is 2.98. The van der Waals surface area contributed by atoms with Crippen LogP contribution in [0.4, 0.5) is 10.1 Å². The minimum atomic E-state index is -0.885. The number of nitrogens with zero attached hydrogens (tertiary/aromatic N) is 2. The van der Waals surface area contributed by atoms with Crippen LogP contribution in [0.3, 0.4) is 0 Å². The number of anilines is 1. The van der Waals surface area contributed by atoms with E-state index in [9.17, 15) is 9.50 Å². The van der Waals surface area contributed by atoms with E-state index in [1.54, 1.807) is 6.34 Å². The Morgan fingerprint density at radius 1 is 1.26 bits per heavy atom. The summed E-state index contributed by atoms with van der Waals surface area (Å²) in [5, 5.41) is 12.3. The number of aliphatic imine (C=N–C) groups is 1. The van der Waals surface area contributed by atoms with E-state index in [2.05, 4.69) is 15.3 Å². The smallest absolute Gasteiger partial charge is 0.255 e. The van der Waals surface area contributed by atoms with Crippen molar-refractivity contribution in [3.63, 3.8) is 0 Å². The maximum absolute atomic E-state index is 12.9. The second-order valence-corrected chi connectivity index (χ2v) is 4.20. The number of aromatic nitrogens is 1. The van der Waals surface area contributed by atoms with Crippen LogP contribution >= 0.6 is 0 Å². The monoisotopic (exact) mass is 258 g/mol. The van der Waals surface area contributed by atoms with Gasteiger partial charge in [-0.05, 0) is 23.8 Å². The van der Waals surface area contributed by atoms with Gasteiger partial charge in [-0.1, -0.05) is 6.07 Å². The first-order valence-corrected chi connectivity index (χ1v) is 5.68. The summed E-state index contributed by atoms with van der Waals surface area (Å²) in [6, 6.07) is 6.87. The molecule has 0 bridgehead atoms. The number of hydrogen-bond acceptors (Lipinski definition) is 5. The number of benzene rings is 1. The SMILES string of the molecule is NC1N=CNc2ccc(-c3cnc(F)c(O)c3)cc21. The van der Waals surface area contributed by atoms with Crippen LogP contribution in [0.15, 0.2) is 35.5 Å². The Hall–Kier alpha value is -2.47. The van der Waals surface area contributed by atoms with E-state index < -0.39 is 17.9 Å². The fourth-order valence-corrected chi connectivity index (χ4v) is 1.98. The summed E-state index contributed by atoms with van der Waals surface area (Å²) in [5.41, 5.74) is 9.00. The minimum absolute atomic E-state index is 0.432. The van der Waals surface area contributed by atoms with Gasteiger partial charge in [0.2, 0.25) is 0 Å². The molecule has 1 aromatic carbocycles. The van der Waals surface area contributed by atoms with Gasteiger partial charge in [-0.3, -0.25) is 4.99 Å². The number of rotatable bonds is 1. The van der Waals surface area contributed by atoms with E-state index in [1.165, 1.54) is 12.3 Å². The fourth-order valence-electron chi connectivity index (χ4n) is 1.98. The third-order valence-corrected chi connectivity index (χ3v) is 2.98. The van der Waals surface area contributed by atoms with E-state index in [4.69, 9.17) is 5.73 Å². The molecule has 1 atom stereocenters. The number of nitrogens with one attached hydrogen (secondary N) is 1. The van der Waals surface area contributed by atoms with Gasteiger partial charge in [-0.25, -0.2) is 4.98 Å². The Morgan fingerprint density at radius 3 is 2.89 bits per heavy atom. The number of aromatic hydroxyl groups is 1. The van der Waals surface area contributed by atoms with Crippen molar-refractivity contribution in [1.29, 1.82) is 0 Å². The van der Waals surface area contributed by atoms with Crippen molar-refractivity contribution in [2.24, 2.45) is 10.7 Å². The summed E-state index contributed by atoms with van der Waals surface area (Å²) in [4.78, 5) is 7.55. The van der Waals surface area contributed by atoms with Gasteiger partial charge in [0.05, 0.1) is 6.34 Å². The molecule has 1 aliphatic heterocycles. The minimum Gasteiger partial charge on any atom is -0.504 e.